The number of carbonyl (C=O) groups excluding carboxylic acids is 1. The highest BCUT2D eigenvalue weighted by Crippen LogP contribution is 2.24. The van der Waals surface area contributed by atoms with Crippen molar-refractivity contribution in [2.24, 2.45) is 10.1 Å². The number of primary sulfonamides is 1. The Morgan fingerprint density at radius 3 is 2.19 bits per heavy atom. The maximum atomic E-state index is 13.2. The minimum absolute atomic E-state index is 0.0174. The lowest BCUT2D eigenvalue weighted by atomic mass is 10.2. The van der Waals surface area contributed by atoms with E-state index in [0.717, 1.165) is 11.9 Å². The van der Waals surface area contributed by atoms with Crippen molar-refractivity contribution < 1.29 is 21.6 Å². The number of amides is 1. The van der Waals surface area contributed by atoms with Crippen molar-refractivity contribution in [2.45, 2.75) is 36.6 Å². The number of nitrogens with zero attached hydrogens (tertiary/aromatic N) is 3. The van der Waals surface area contributed by atoms with Crippen LogP contribution >= 0.6 is 11.3 Å². The zero-order valence-electron chi connectivity index (χ0n) is 20.2. The van der Waals surface area contributed by atoms with Crippen molar-refractivity contribution in [3.8, 4) is 0 Å². The van der Waals surface area contributed by atoms with Gasteiger partial charge in [0.25, 0.3) is 15.9 Å². The molecule has 4 rings (SSSR count). The molecule has 4 aromatic rings. The van der Waals surface area contributed by atoms with Crippen LogP contribution in [0.3, 0.4) is 0 Å². The first-order chi connectivity index (χ1) is 17.6. The van der Waals surface area contributed by atoms with Gasteiger partial charge in [-0.1, -0.05) is 36.5 Å². The summed E-state index contributed by atoms with van der Waals surface area (Å²) in [4.78, 5) is 17.7. The van der Waals surface area contributed by atoms with Crippen molar-refractivity contribution in [1.29, 1.82) is 0 Å². The Labute approximate surface area is 219 Å². The van der Waals surface area contributed by atoms with E-state index in [9.17, 15) is 21.6 Å². The first-order valence-electron chi connectivity index (χ1n) is 11.5. The fourth-order valence-electron chi connectivity index (χ4n) is 3.89. The largest absolute Gasteiger partial charge is 0.316 e. The average Bonchev–Trinajstić information content (AvgIpc) is 3.21. The van der Waals surface area contributed by atoms with Gasteiger partial charge in [-0.05, 0) is 67.9 Å². The van der Waals surface area contributed by atoms with Crippen LogP contribution in [0.5, 0.6) is 0 Å². The van der Waals surface area contributed by atoms with Gasteiger partial charge in [0, 0.05) is 18.7 Å². The van der Waals surface area contributed by atoms with Gasteiger partial charge in [0.05, 0.1) is 25.7 Å². The number of fused-ring (bicyclic) bond motifs is 1. The van der Waals surface area contributed by atoms with Crippen LogP contribution < -0.4 is 14.2 Å². The molecule has 9 nitrogen and oxygen atoms in total. The summed E-state index contributed by atoms with van der Waals surface area (Å²) in [6, 6.07) is 19.0. The van der Waals surface area contributed by atoms with Gasteiger partial charge in [0.15, 0.2) is 4.80 Å². The molecule has 0 saturated carbocycles. The van der Waals surface area contributed by atoms with Gasteiger partial charge in [-0.2, -0.15) is 4.99 Å². The summed E-state index contributed by atoms with van der Waals surface area (Å²) in [5, 5.41) is 5.26. The SMILES string of the molecule is CCCn1c(=NC(=O)c2ccc(S(=O)(=O)N(CC)c3ccccc3)cc2)sc2cc(S(N)(=O)=O)ccc21. The van der Waals surface area contributed by atoms with Crippen molar-refractivity contribution in [1.82, 2.24) is 4.57 Å². The van der Waals surface area contributed by atoms with Crippen molar-refractivity contribution in [3.05, 3.63) is 83.2 Å². The summed E-state index contributed by atoms with van der Waals surface area (Å²) in [6.45, 7) is 4.56. The van der Waals surface area contributed by atoms with Gasteiger partial charge >= 0.3 is 0 Å². The molecule has 0 fully saturated rings. The Hall–Kier alpha value is -3.32. The maximum absolute atomic E-state index is 13.2. The van der Waals surface area contributed by atoms with E-state index in [-0.39, 0.29) is 21.9 Å². The average molecular weight is 559 g/mol. The highest BCUT2D eigenvalue weighted by molar-refractivity contribution is 7.92. The number of carbonyl (C=O) groups is 1. The van der Waals surface area contributed by atoms with Crippen LogP contribution in [0.4, 0.5) is 5.69 Å². The third-order valence-corrected chi connectivity index (χ3v) is 9.52. The second-order valence-electron chi connectivity index (χ2n) is 8.16. The smallest absolute Gasteiger partial charge is 0.279 e. The normalized spacial score (nSPS) is 12.7. The molecule has 0 bridgehead atoms. The summed E-state index contributed by atoms with van der Waals surface area (Å²) in [5.74, 6) is -0.539. The molecule has 0 aliphatic carbocycles. The van der Waals surface area contributed by atoms with Crippen LogP contribution in [0, 0.1) is 0 Å². The zero-order chi connectivity index (χ0) is 26.8. The lowest BCUT2D eigenvalue weighted by Gasteiger charge is -2.22. The number of hydrogen-bond acceptors (Lipinski definition) is 6. The fourth-order valence-corrected chi connectivity index (χ4v) is 7.07. The number of hydrogen-bond donors (Lipinski definition) is 1. The van der Waals surface area contributed by atoms with E-state index in [4.69, 9.17) is 5.14 Å². The molecule has 0 aliphatic heterocycles. The lowest BCUT2D eigenvalue weighted by molar-refractivity contribution is 0.0997. The summed E-state index contributed by atoms with van der Waals surface area (Å²) in [5.41, 5.74) is 1.52. The van der Waals surface area contributed by atoms with Crippen molar-refractivity contribution in [2.75, 3.05) is 10.8 Å². The molecule has 1 heterocycles. The van der Waals surface area contributed by atoms with Crippen LogP contribution in [-0.2, 0) is 26.6 Å². The van der Waals surface area contributed by atoms with Gasteiger partial charge in [-0.25, -0.2) is 22.0 Å². The predicted molar refractivity (Wildman–Crippen MR) is 144 cm³/mol. The van der Waals surface area contributed by atoms with E-state index in [1.807, 2.05) is 17.6 Å². The highest BCUT2D eigenvalue weighted by Gasteiger charge is 2.23. The molecule has 0 atom stereocenters. The first kappa shape index (κ1) is 26.7. The predicted octanol–water partition coefficient (Wildman–Crippen LogP) is 3.72. The van der Waals surface area contributed by atoms with Gasteiger partial charge in [-0.15, -0.1) is 0 Å². The third-order valence-electron chi connectivity index (χ3n) is 5.65. The minimum atomic E-state index is -3.87. The van der Waals surface area contributed by atoms with Crippen LogP contribution in [0.25, 0.3) is 10.2 Å². The van der Waals surface area contributed by atoms with E-state index in [1.165, 1.54) is 52.0 Å². The standard InChI is InChI=1S/C25H26N4O5S3/c1-3-16-28-22-15-14-21(36(26,31)32)17-23(22)35-25(28)27-24(30)18-10-12-20(13-11-18)37(33,34)29(4-2)19-8-6-5-7-9-19/h5-15,17H,3-4,16H2,1-2H3,(H2,26,31,32). The number of anilines is 1. The molecule has 3 aromatic carbocycles. The monoisotopic (exact) mass is 558 g/mol. The van der Waals surface area contributed by atoms with Gasteiger partial charge in [-0.3, -0.25) is 9.10 Å². The van der Waals surface area contributed by atoms with Crippen LogP contribution in [0.15, 0.2) is 87.6 Å². The number of sulfonamides is 2. The second-order valence-corrected chi connectivity index (χ2v) is 12.6. The molecule has 0 spiro atoms. The van der Waals surface area contributed by atoms with Crippen molar-refractivity contribution >= 4 is 53.2 Å². The van der Waals surface area contributed by atoms with E-state index in [1.54, 1.807) is 37.3 Å². The molecule has 1 amide bonds. The summed E-state index contributed by atoms with van der Waals surface area (Å²) < 4.78 is 53.7. The molecule has 194 valence electrons. The topological polar surface area (TPSA) is 132 Å². The molecule has 0 unspecified atom stereocenters. The number of para-hydroxylation sites is 1. The molecule has 0 saturated heterocycles. The van der Waals surface area contributed by atoms with Gasteiger partial charge < -0.3 is 4.57 Å². The highest BCUT2D eigenvalue weighted by atomic mass is 32.2. The third kappa shape index (κ3) is 5.52. The summed E-state index contributed by atoms with van der Waals surface area (Å²) in [7, 11) is -7.69. The van der Waals surface area contributed by atoms with Crippen LogP contribution in [-0.4, -0.2) is 33.9 Å². The number of aromatic nitrogens is 1. The Morgan fingerprint density at radius 2 is 1.59 bits per heavy atom. The van der Waals surface area contributed by atoms with E-state index >= 15 is 0 Å². The van der Waals surface area contributed by atoms with Gasteiger partial charge in [0.2, 0.25) is 10.0 Å². The van der Waals surface area contributed by atoms with E-state index in [2.05, 4.69) is 4.99 Å². The number of rotatable bonds is 8. The Morgan fingerprint density at radius 1 is 0.946 bits per heavy atom. The minimum Gasteiger partial charge on any atom is -0.316 e. The van der Waals surface area contributed by atoms with E-state index in [0.29, 0.717) is 21.7 Å². The Kier molecular flexibility index (Phi) is 7.64. The second kappa shape index (κ2) is 10.6. The number of aryl methyl sites for hydroxylation is 1. The number of nitrogens with two attached hydrogens (primary N) is 1. The lowest BCUT2D eigenvalue weighted by Crippen LogP contribution is -2.30. The summed E-state index contributed by atoms with van der Waals surface area (Å²) >= 11 is 1.18. The Bertz CT molecular complexity index is 1720. The van der Waals surface area contributed by atoms with Crippen LogP contribution in [0.2, 0.25) is 0 Å². The molecule has 1 aromatic heterocycles. The van der Waals surface area contributed by atoms with Crippen molar-refractivity contribution in [3.63, 3.8) is 0 Å². The molecule has 0 radical (unpaired) electrons. The molecular formula is C25H26N4O5S3. The quantitative estimate of drug-likeness (QED) is 0.352. The maximum Gasteiger partial charge on any atom is 0.279 e. The molecule has 37 heavy (non-hydrogen) atoms. The molecule has 2 N–H and O–H groups in total. The summed E-state index contributed by atoms with van der Waals surface area (Å²) in [6.07, 6.45) is 0.770. The van der Waals surface area contributed by atoms with Crippen LogP contribution in [0.1, 0.15) is 30.6 Å². The van der Waals surface area contributed by atoms with E-state index < -0.39 is 26.0 Å². The fraction of sp³-hybridized carbons (Fsp3) is 0.200. The molecule has 12 heteroatoms. The number of thiazole rings is 1. The first-order valence-corrected chi connectivity index (χ1v) is 15.3. The molecular weight excluding hydrogens is 532 g/mol. The number of benzene rings is 3. The zero-order valence-corrected chi connectivity index (χ0v) is 22.7. The molecule has 0 aliphatic rings. The van der Waals surface area contributed by atoms with Gasteiger partial charge in [0.1, 0.15) is 0 Å². The Balaban J connectivity index is 1.69.